The lowest BCUT2D eigenvalue weighted by atomic mass is 10.1. The molecule has 0 spiro atoms. The fourth-order valence-corrected chi connectivity index (χ4v) is 3.00. The molecule has 1 aromatic heterocycles. The molecule has 1 N–H and O–H groups in total. The largest absolute Gasteiger partial charge is 0.326 e. The molecule has 0 fully saturated rings. The zero-order valence-corrected chi connectivity index (χ0v) is 12.8. The Hall–Kier alpha value is -1.87. The van der Waals surface area contributed by atoms with Gasteiger partial charge in [0.05, 0.1) is 0 Å². The molecule has 0 bridgehead atoms. The summed E-state index contributed by atoms with van der Waals surface area (Å²) in [7, 11) is 0. The summed E-state index contributed by atoms with van der Waals surface area (Å²) >= 11 is 0. The van der Waals surface area contributed by atoms with E-state index in [9.17, 15) is 0 Å². The van der Waals surface area contributed by atoms with Crippen molar-refractivity contribution in [3.05, 3.63) is 53.7 Å². The Kier molecular flexibility index (Phi) is 4.20. The van der Waals surface area contributed by atoms with Gasteiger partial charge in [-0.1, -0.05) is 31.2 Å². The van der Waals surface area contributed by atoms with Gasteiger partial charge in [-0.05, 0) is 44.0 Å². The molecule has 3 heteroatoms. The molecule has 1 aliphatic heterocycles. The summed E-state index contributed by atoms with van der Waals surface area (Å²) in [6, 6.07) is 13.2. The topological polar surface area (TPSA) is 28.2 Å². The van der Waals surface area contributed by atoms with Gasteiger partial charge in [0.1, 0.15) is 5.82 Å². The van der Waals surface area contributed by atoms with E-state index in [-0.39, 0.29) is 0 Å². The van der Waals surface area contributed by atoms with E-state index in [2.05, 4.69) is 59.4 Å². The van der Waals surface area contributed by atoms with Crippen molar-refractivity contribution in [3.8, 4) is 0 Å². The van der Waals surface area contributed by atoms with Crippen LogP contribution < -0.4 is 10.2 Å². The third kappa shape index (κ3) is 2.79. The lowest BCUT2D eigenvalue weighted by Crippen LogP contribution is -2.23. The highest BCUT2D eigenvalue weighted by molar-refractivity contribution is 5.69. The number of para-hydroxylation sites is 1. The number of rotatable bonds is 5. The summed E-state index contributed by atoms with van der Waals surface area (Å²) in [5.41, 5.74) is 4.01. The van der Waals surface area contributed by atoms with Crippen molar-refractivity contribution in [1.29, 1.82) is 0 Å². The maximum atomic E-state index is 4.67. The average Bonchev–Trinajstić information content (AvgIpc) is 2.96. The zero-order chi connectivity index (χ0) is 14.7. The van der Waals surface area contributed by atoms with E-state index in [0.717, 1.165) is 31.7 Å². The molecular formula is C18H23N3. The molecule has 3 rings (SSSR count). The first-order valence-corrected chi connectivity index (χ1v) is 7.85. The predicted molar refractivity (Wildman–Crippen MR) is 88.1 cm³/mol. The number of benzene rings is 1. The Morgan fingerprint density at radius 1 is 1.24 bits per heavy atom. The van der Waals surface area contributed by atoms with Crippen LogP contribution in [0.1, 0.15) is 37.4 Å². The van der Waals surface area contributed by atoms with E-state index < -0.39 is 0 Å². The highest BCUT2D eigenvalue weighted by Crippen LogP contribution is 2.36. The highest BCUT2D eigenvalue weighted by atomic mass is 15.2. The van der Waals surface area contributed by atoms with Crippen LogP contribution in [-0.2, 0) is 6.42 Å². The van der Waals surface area contributed by atoms with Crippen LogP contribution in [0.3, 0.4) is 0 Å². The van der Waals surface area contributed by atoms with Gasteiger partial charge in [0.2, 0.25) is 0 Å². The summed E-state index contributed by atoms with van der Waals surface area (Å²) in [4.78, 5) is 7.03. The Balaban J connectivity index is 1.93. The molecule has 0 amide bonds. The molecule has 21 heavy (non-hydrogen) atoms. The minimum Gasteiger partial charge on any atom is -0.326 e. The number of pyridine rings is 1. The third-order valence-electron chi connectivity index (χ3n) is 4.13. The van der Waals surface area contributed by atoms with Gasteiger partial charge >= 0.3 is 0 Å². The number of nitrogens with one attached hydrogen (secondary N) is 1. The molecule has 0 saturated heterocycles. The molecule has 0 radical (unpaired) electrons. The summed E-state index contributed by atoms with van der Waals surface area (Å²) in [6.45, 7) is 6.47. The second kappa shape index (κ2) is 6.27. The first-order valence-electron chi connectivity index (χ1n) is 7.85. The van der Waals surface area contributed by atoms with Crippen molar-refractivity contribution >= 4 is 11.5 Å². The number of fused-ring (bicyclic) bond motifs is 1. The van der Waals surface area contributed by atoms with E-state index in [1.165, 1.54) is 16.8 Å². The number of anilines is 2. The maximum absolute atomic E-state index is 4.67. The van der Waals surface area contributed by atoms with Crippen LogP contribution in [0.2, 0.25) is 0 Å². The Morgan fingerprint density at radius 2 is 2.10 bits per heavy atom. The van der Waals surface area contributed by atoms with Crippen molar-refractivity contribution in [2.45, 2.75) is 32.7 Å². The van der Waals surface area contributed by atoms with Gasteiger partial charge in [-0.3, -0.25) is 0 Å². The molecule has 2 aromatic rings. The molecule has 110 valence electrons. The highest BCUT2D eigenvalue weighted by Gasteiger charge is 2.24. The Labute approximate surface area is 127 Å². The van der Waals surface area contributed by atoms with Crippen molar-refractivity contribution in [3.63, 3.8) is 0 Å². The molecular weight excluding hydrogens is 258 g/mol. The van der Waals surface area contributed by atoms with E-state index >= 15 is 0 Å². The molecule has 3 nitrogen and oxygen atoms in total. The van der Waals surface area contributed by atoms with Gasteiger partial charge < -0.3 is 10.2 Å². The van der Waals surface area contributed by atoms with Gasteiger partial charge in [0.25, 0.3) is 0 Å². The molecule has 0 aliphatic carbocycles. The predicted octanol–water partition coefficient (Wildman–Crippen LogP) is 3.84. The van der Waals surface area contributed by atoms with E-state index in [1.807, 2.05) is 12.3 Å². The minimum atomic E-state index is 0.321. The summed E-state index contributed by atoms with van der Waals surface area (Å²) in [5, 5.41) is 3.57. The minimum absolute atomic E-state index is 0.321. The summed E-state index contributed by atoms with van der Waals surface area (Å²) in [5.74, 6) is 1.10. The summed E-state index contributed by atoms with van der Waals surface area (Å²) < 4.78 is 0. The lowest BCUT2D eigenvalue weighted by Gasteiger charge is -2.24. The normalized spacial score (nSPS) is 15.0. The first kappa shape index (κ1) is 14.1. The summed E-state index contributed by atoms with van der Waals surface area (Å²) in [6.07, 6.45) is 4.14. The average molecular weight is 281 g/mol. The van der Waals surface area contributed by atoms with Crippen LogP contribution in [0.25, 0.3) is 0 Å². The fourth-order valence-electron chi connectivity index (χ4n) is 3.00. The van der Waals surface area contributed by atoms with Gasteiger partial charge in [0, 0.05) is 30.0 Å². The first-order chi connectivity index (χ1) is 10.3. The van der Waals surface area contributed by atoms with Crippen molar-refractivity contribution < 1.29 is 0 Å². The Morgan fingerprint density at radius 3 is 2.95 bits per heavy atom. The van der Waals surface area contributed by atoms with E-state index in [0.29, 0.717) is 6.04 Å². The van der Waals surface area contributed by atoms with Crippen LogP contribution in [-0.4, -0.2) is 18.1 Å². The second-order valence-corrected chi connectivity index (χ2v) is 5.62. The molecule has 1 aromatic carbocycles. The van der Waals surface area contributed by atoms with Crippen LogP contribution in [0, 0.1) is 0 Å². The number of hydrogen-bond acceptors (Lipinski definition) is 3. The van der Waals surface area contributed by atoms with Gasteiger partial charge in [-0.2, -0.15) is 0 Å². The monoisotopic (exact) mass is 281 g/mol. The van der Waals surface area contributed by atoms with Gasteiger partial charge in [-0.15, -0.1) is 0 Å². The number of nitrogens with zero attached hydrogens (tertiary/aromatic N) is 2. The Bertz CT molecular complexity index is 609. The maximum Gasteiger partial charge on any atom is 0.137 e. The molecule has 0 saturated carbocycles. The zero-order valence-electron chi connectivity index (χ0n) is 12.8. The number of aromatic nitrogens is 1. The fraction of sp³-hybridized carbons (Fsp3) is 0.389. The smallest absolute Gasteiger partial charge is 0.137 e. The van der Waals surface area contributed by atoms with Crippen LogP contribution >= 0.6 is 0 Å². The van der Waals surface area contributed by atoms with Crippen molar-refractivity contribution in [2.75, 3.05) is 18.0 Å². The van der Waals surface area contributed by atoms with Crippen LogP contribution in [0.15, 0.2) is 42.6 Å². The van der Waals surface area contributed by atoms with Crippen molar-refractivity contribution in [2.24, 2.45) is 0 Å². The molecule has 1 atom stereocenters. The quantitative estimate of drug-likeness (QED) is 0.902. The SMILES string of the molecule is CCCNC(C)c1cccnc1N1CCc2ccccc21. The van der Waals surface area contributed by atoms with Gasteiger partial charge in [0.15, 0.2) is 0 Å². The van der Waals surface area contributed by atoms with E-state index in [4.69, 9.17) is 0 Å². The van der Waals surface area contributed by atoms with E-state index in [1.54, 1.807) is 0 Å². The van der Waals surface area contributed by atoms with Crippen LogP contribution in [0.5, 0.6) is 0 Å². The molecule has 2 heterocycles. The van der Waals surface area contributed by atoms with Gasteiger partial charge in [-0.25, -0.2) is 4.98 Å². The molecule has 1 unspecified atom stereocenters. The third-order valence-corrected chi connectivity index (χ3v) is 4.13. The molecule has 1 aliphatic rings. The number of hydrogen-bond donors (Lipinski definition) is 1. The standard InChI is InChI=1S/C18H23N3/c1-3-11-19-14(2)16-8-6-12-20-18(16)21-13-10-15-7-4-5-9-17(15)21/h4-9,12,14,19H,3,10-11,13H2,1-2H3. The second-order valence-electron chi connectivity index (χ2n) is 5.62. The van der Waals surface area contributed by atoms with Crippen LogP contribution in [0.4, 0.5) is 11.5 Å². The lowest BCUT2D eigenvalue weighted by molar-refractivity contribution is 0.569. The van der Waals surface area contributed by atoms with Crippen molar-refractivity contribution in [1.82, 2.24) is 10.3 Å².